The first-order chi connectivity index (χ1) is 11.3. The van der Waals surface area contributed by atoms with Crippen LogP contribution in [-0.2, 0) is 24.3 Å². The van der Waals surface area contributed by atoms with Crippen molar-refractivity contribution in [3.63, 3.8) is 0 Å². The fourth-order valence-corrected chi connectivity index (χ4v) is 3.07. The molecule has 1 aliphatic heterocycles. The predicted octanol–water partition coefficient (Wildman–Crippen LogP) is 2.67. The topological polar surface area (TPSA) is 51.1 Å². The maximum absolute atomic E-state index is 5.86. The number of aryl methyl sites for hydroxylation is 1. The molecule has 0 spiro atoms. The molecule has 2 aliphatic rings. The summed E-state index contributed by atoms with van der Waals surface area (Å²) in [5, 5.41) is 8.47. The second-order valence-electron chi connectivity index (χ2n) is 6.60. The molecule has 0 saturated heterocycles. The smallest absolute Gasteiger partial charge is 0.151 e. The molecule has 2 aromatic heterocycles. The van der Waals surface area contributed by atoms with Crippen molar-refractivity contribution in [2.24, 2.45) is 5.92 Å². The number of rotatable bonds is 5. The molecule has 4 rings (SSSR count). The first kappa shape index (κ1) is 14.6. The van der Waals surface area contributed by atoms with Gasteiger partial charge in [0.2, 0.25) is 0 Å². The molecule has 5 heteroatoms. The van der Waals surface area contributed by atoms with E-state index in [2.05, 4.69) is 20.1 Å². The van der Waals surface area contributed by atoms with Gasteiger partial charge in [-0.3, -0.25) is 4.98 Å². The Balaban J connectivity index is 1.47. The molecule has 1 fully saturated rings. The van der Waals surface area contributed by atoms with Crippen LogP contribution in [0.15, 0.2) is 24.5 Å². The molecule has 1 aliphatic carbocycles. The van der Waals surface area contributed by atoms with Gasteiger partial charge in [0.15, 0.2) is 5.82 Å². The Morgan fingerprint density at radius 3 is 2.91 bits per heavy atom. The van der Waals surface area contributed by atoms with Crippen LogP contribution in [0.2, 0.25) is 0 Å². The molecule has 2 aromatic rings. The maximum atomic E-state index is 5.86. The Kier molecular flexibility index (Phi) is 3.95. The minimum absolute atomic E-state index is 0.691. The highest BCUT2D eigenvalue weighted by molar-refractivity contribution is 5.44. The fraction of sp³-hybridized carbons (Fsp3) is 0.500. The Morgan fingerprint density at radius 2 is 2.13 bits per heavy atom. The van der Waals surface area contributed by atoms with Crippen LogP contribution in [0.5, 0.6) is 0 Å². The second kappa shape index (κ2) is 6.24. The lowest BCUT2D eigenvalue weighted by Gasteiger charge is -2.30. The van der Waals surface area contributed by atoms with Crippen molar-refractivity contribution in [3.8, 4) is 0 Å². The van der Waals surface area contributed by atoms with Crippen molar-refractivity contribution in [1.82, 2.24) is 15.2 Å². The molecular formula is C18H22N4O. The monoisotopic (exact) mass is 310 g/mol. The summed E-state index contributed by atoms with van der Waals surface area (Å²) >= 11 is 0. The third-order valence-electron chi connectivity index (χ3n) is 4.64. The van der Waals surface area contributed by atoms with Gasteiger partial charge in [0.05, 0.1) is 12.3 Å². The number of hydrogen-bond acceptors (Lipinski definition) is 5. The summed E-state index contributed by atoms with van der Waals surface area (Å²) in [5.74, 6) is 1.75. The van der Waals surface area contributed by atoms with E-state index in [9.17, 15) is 0 Å². The van der Waals surface area contributed by atoms with E-state index in [4.69, 9.17) is 4.74 Å². The zero-order valence-corrected chi connectivity index (χ0v) is 13.5. The summed E-state index contributed by atoms with van der Waals surface area (Å²) in [5.41, 5.74) is 4.89. The van der Waals surface area contributed by atoms with Crippen LogP contribution < -0.4 is 4.90 Å². The number of pyridine rings is 1. The average molecular weight is 310 g/mol. The normalized spacial score (nSPS) is 17.2. The quantitative estimate of drug-likeness (QED) is 0.850. The van der Waals surface area contributed by atoms with Gasteiger partial charge < -0.3 is 9.64 Å². The number of hydrogen-bond donors (Lipinski definition) is 0. The van der Waals surface area contributed by atoms with E-state index in [1.807, 2.05) is 31.5 Å². The average Bonchev–Trinajstić information content (AvgIpc) is 3.39. The van der Waals surface area contributed by atoms with Crippen LogP contribution in [-0.4, -0.2) is 28.3 Å². The zero-order valence-electron chi connectivity index (χ0n) is 13.5. The standard InChI is InChI=1S/C18H22N4O/c1-13-2-5-18(21-20-13)22-7-6-17-15(10-22)8-19-9-16(17)12-23-11-14-3-4-14/h2,5,8-9,14H,3-4,6-7,10-12H2,1H3. The Hall–Kier alpha value is -2.01. The molecule has 3 heterocycles. The van der Waals surface area contributed by atoms with Gasteiger partial charge in [0, 0.05) is 32.1 Å². The van der Waals surface area contributed by atoms with E-state index in [1.165, 1.54) is 29.5 Å². The van der Waals surface area contributed by atoms with Crippen LogP contribution in [0, 0.1) is 12.8 Å². The summed E-state index contributed by atoms with van der Waals surface area (Å²) in [7, 11) is 0. The van der Waals surface area contributed by atoms with Crippen molar-refractivity contribution in [2.45, 2.75) is 39.3 Å². The molecule has 1 saturated carbocycles. The highest BCUT2D eigenvalue weighted by atomic mass is 16.5. The van der Waals surface area contributed by atoms with Gasteiger partial charge in [-0.25, -0.2) is 0 Å². The van der Waals surface area contributed by atoms with E-state index in [0.717, 1.165) is 43.5 Å². The SMILES string of the molecule is Cc1ccc(N2CCc3c(COCC4CC4)cncc3C2)nn1. The van der Waals surface area contributed by atoms with E-state index >= 15 is 0 Å². The maximum Gasteiger partial charge on any atom is 0.151 e. The number of fused-ring (bicyclic) bond motifs is 1. The van der Waals surface area contributed by atoms with Crippen LogP contribution in [0.4, 0.5) is 5.82 Å². The first-order valence-electron chi connectivity index (χ1n) is 8.37. The Morgan fingerprint density at radius 1 is 1.22 bits per heavy atom. The molecule has 120 valence electrons. The lowest BCUT2D eigenvalue weighted by atomic mass is 9.97. The molecule has 0 unspecified atom stereocenters. The molecule has 0 bridgehead atoms. The summed E-state index contributed by atoms with van der Waals surface area (Å²) in [4.78, 5) is 6.68. The lowest BCUT2D eigenvalue weighted by Crippen LogP contribution is -2.32. The molecule has 23 heavy (non-hydrogen) atoms. The number of aromatic nitrogens is 3. The van der Waals surface area contributed by atoms with E-state index in [0.29, 0.717) is 6.61 Å². The van der Waals surface area contributed by atoms with Crippen molar-refractivity contribution < 1.29 is 4.74 Å². The summed E-state index contributed by atoms with van der Waals surface area (Å²) < 4.78 is 5.86. The van der Waals surface area contributed by atoms with Gasteiger partial charge in [-0.1, -0.05) is 0 Å². The third-order valence-corrected chi connectivity index (χ3v) is 4.64. The minimum Gasteiger partial charge on any atom is -0.376 e. The molecule has 0 N–H and O–H groups in total. The van der Waals surface area contributed by atoms with Gasteiger partial charge in [0.1, 0.15) is 0 Å². The van der Waals surface area contributed by atoms with Crippen molar-refractivity contribution in [1.29, 1.82) is 0 Å². The highest BCUT2D eigenvalue weighted by Gasteiger charge is 2.23. The lowest BCUT2D eigenvalue weighted by molar-refractivity contribution is 0.110. The van der Waals surface area contributed by atoms with Gasteiger partial charge in [0.25, 0.3) is 0 Å². The second-order valence-corrected chi connectivity index (χ2v) is 6.60. The van der Waals surface area contributed by atoms with Crippen LogP contribution in [0.3, 0.4) is 0 Å². The van der Waals surface area contributed by atoms with Crippen molar-refractivity contribution in [3.05, 3.63) is 46.9 Å². The first-order valence-corrected chi connectivity index (χ1v) is 8.37. The van der Waals surface area contributed by atoms with E-state index < -0.39 is 0 Å². The minimum atomic E-state index is 0.691. The van der Waals surface area contributed by atoms with E-state index in [-0.39, 0.29) is 0 Å². The van der Waals surface area contributed by atoms with Gasteiger partial charge >= 0.3 is 0 Å². The Labute approximate surface area is 136 Å². The van der Waals surface area contributed by atoms with Gasteiger partial charge in [-0.05, 0) is 60.9 Å². The molecular weight excluding hydrogens is 288 g/mol. The Bertz CT molecular complexity index is 682. The van der Waals surface area contributed by atoms with Crippen LogP contribution >= 0.6 is 0 Å². The van der Waals surface area contributed by atoms with Crippen molar-refractivity contribution >= 4 is 5.82 Å². The summed E-state index contributed by atoms with van der Waals surface area (Å²) in [6.07, 6.45) is 7.62. The van der Waals surface area contributed by atoms with Crippen LogP contribution in [0.1, 0.15) is 35.2 Å². The highest BCUT2D eigenvalue weighted by Crippen LogP contribution is 2.30. The third kappa shape index (κ3) is 3.34. The fourth-order valence-electron chi connectivity index (χ4n) is 3.07. The summed E-state index contributed by atoms with van der Waals surface area (Å²) in [6.45, 7) is 5.35. The number of nitrogens with zero attached hydrogens (tertiary/aromatic N) is 4. The molecule has 5 nitrogen and oxygen atoms in total. The van der Waals surface area contributed by atoms with Crippen LogP contribution in [0.25, 0.3) is 0 Å². The predicted molar refractivity (Wildman–Crippen MR) is 88.1 cm³/mol. The number of ether oxygens (including phenoxy) is 1. The summed E-state index contributed by atoms with van der Waals surface area (Å²) in [6, 6.07) is 4.06. The molecule has 0 amide bonds. The number of anilines is 1. The molecule has 0 radical (unpaired) electrons. The van der Waals surface area contributed by atoms with Crippen molar-refractivity contribution in [2.75, 3.05) is 18.1 Å². The largest absolute Gasteiger partial charge is 0.376 e. The molecule has 0 atom stereocenters. The van der Waals surface area contributed by atoms with Gasteiger partial charge in [-0.15, -0.1) is 5.10 Å². The van der Waals surface area contributed by atoms with E-state index in [1.54, 1.807) is 0 Å². The zero-order chi connectivity index (χ0) is 15.6. The van der Waals surface area contributed by atoms with Gasteiger partial charge in [-0.2, -0.15) is 5.10 Å². The molecule has 0 aromatic carbocycles.